The van der Waals surface area contributed by atoms with Gasteiger partial charge in [0.15, 0.2) is 0 Å². The van der Waals surface area contributed by atoms with Crippen molar-refractivity contribution in [3.8, 4) is 0 Å². The van der Waals surface area contributed by atoms with Crippen LogP contribution in [0, 0.1) is 13.8 Å². The van der Waals surface area contributed by atoms with Crippen molar-refractivity contribution in [2.24, 2.45) is 11.5 Å². The predicted molar refractivity (Wildman–Crippen MR) is 68.4 cm³/mol. The average Bonchev–Trinajstić information content (AvgIpc) is 2.18. The molecule has 0 unspecified atom stereocenters. The van der Waals surface area contributed by atoms with Crippen molar-refractivity contribution in [1.82, 2.24) is 0 Å². The maximum Gasteiger partial charge on any atom is 0.0295 e. The summed E-state index contributed by atoms with van der Waals surface area (Å²) in [5.74, 6) is 0. The van der Waals surface area contributed by atoms with Crippen molar-refractivity contribution >= 4 is 12.4 Å². The van der Waals surface area contributed by atoms with E-state index in [1.807, 2.05) is 0 Å². The summed E-state index contributed by atoms with van der Waals surface area (Å²) in [5, 5.41) is 0. The summed E-state index contributed by atoms with van der Waals surface area (Å²) in [5.41, 5.74) is 15.4. The van der Waals surface area contributed by atoms with E-state index in [0.717, 1.165) is 19.4 Å². The first-order valence-corrected chi connectivity index (χ1v) is 5.18. The molecule has 0 aliphatic carbocycles. The van der Waals surface area contributed by atoms with E-state index in [9.17, 15) is 0 Å². The minimum Gasteiger partial charge on any atom is -0.330 e. The number of nitrogens with two attached hydrogens (primary N) is 2. The fourth-order valence-corrected chi connectivity index (χ4v) is 1.50. The fraction of sp³-hybridized carbons (Fsp3) is 0.500. The molecule has 4 N–H and O–H groups in total. The lowest BCUT2D eigenvalue weighted by Gasteiger charge is -2.12. The van der Waals surface area contributed by atoms with Crippen LogP contribution in [-0.2, 0) is 0 Å². The van der Waals surface area contributed by atoms with E-state index in [1.54, 1.807) is 0 Å². The van der Waals surface area contributed by atoms with Gasteiger partial charge in [0.25, 0.3) is 0 Å². The molecule has 1 aromatic carbocycles. The molecule has 0 aliphatic rings. The van der Waals surface area contributed by atoms with E-state index in [0.29, 0.717) is 0 Å². The van der Waals surface area contributed by atoms with E-state index < -0.39 is 0 Å². The van der Waals surface area contributed by atoms with Crippen LogP contribution >= 0.6 is 12.4 Å². The maximum atomic E-state index is 6.04. The topological polar surface area (TPSA) is 52.0 Å². The molecule has 0 spiro atoms. The molecule has 0 fully saturated rings. The average molecular weight is 229 g/mol. The van der Waals surface area contributed by atoms with E-state index in [1.165, 1.54) is 16.7 Å². The molecule has 2 nitrogen and oxygen atoms in total. The molecule has 0 aliphatic heterocycles. The van der Waals surface area contributed by atoms with E-state index in [-0.39, 0.29) is 18.4 Å². The summed E-state index contributed by atoms with van der Waals surface area (Å²) < 4.78 is 0. The monoisotopic (exact) mass is 228 g/mol. The number of hydrogen-bond donors (Lipinski definition) is 2. The molecular weight excluding hydrogens is 208 g/mol. The molecule has 0 bridgehead atoms. The van der Waals surface area contributed by atoms with Gasteiger partial charge in [-0.2, -0.15) is 0 Å². The largest absolute Gasteiger partial charge is 0.330 e. The van der Waals surface area contributed by atoms with Crippen molar-refractivity contribution in [3.05, 3.63) is 34.9 Å². The van der Waals surface area contributed by atoms with Crippen LogP contribution in [0.1, 0.15) is 35.6 Å². The van der Waals surface area contributed by atoms with Gasteiger partial charge in [-0.05, 0) is 49.9 Å². The first-order chi connectivity index (χ1) is 6.65. The smallest absolute Gasteiger partial charge is 0.0295 e. The number of benzene rings is 1. The van der Waals surface area contributed by atoms with Gasteiger partial charge in [-0.3, -0.25) is 0 Å². The Balaban J connectivity index is 0.00000196. The van der Waals surface area contributed by atoms with Gasteiger partial charge in [0.05, 0.1) is 0 Å². The van der Waals surface area contributed by atoms with Crippen LogP contribution in [0.5, 0.6) is 0 Å². The summed E-state index contributed by atoms with van der Waals surface area (Å²) in [7, 11) is 0. The standard InChI is InChI=1S/C12H20N2.ClH/c1-9-5-6-11(8-10(9)2)12(14)4-3-7-13;/h5-6,8,12H,3-4,7,13-14H2,1-2H3;1H/t12-;/m1./s1. The fourth-order valence-electron chi connectivity index (χ4n) is 1.50. The van der Waals surface area contributed by atoms with Crippen molar-refractivity contribution in [1.29, 1.82) is 0 Å². The maximum absolute atomic E-state index is 6.04. The van der Waals surface area contributed by atoms with Gasteiger partial charge in [0.1, 0.15) is 0 Å². The Kier molecular flexibility index (Phi) is 6.57. The molecule has 3 heteroatoms. The number of hydrogen-bond acceptors (Lipinski definition) is 2. The molecule has 1 rings (SSSR count). The van der Waals surface area contributed by atoms with Gasteiger partial charge in [-0.15, -0.1) is 12.4 Å². The van der Waals surface area contributed by atoms with Crippen LogP contribution in [0.3, 0.4) is 0 Å². The van der Waals surface area contributed by atoms with Gasteiger partial charge in [-0.1, -0.05) is 18.2 Å². The minimum atomic E-state index is 0. The number of aryl methyl sites for hydroxylation is 2. The van der Waals surface area contributed by atoms with Gasteiger partial charge in [-0.25, -0.2) is 0 Å². The normalized spacial score (nSPS) is 12.0. The highest BCUT2D eigenvalue weighted by Crippen LogP contribution is 2.18. The van der Waals surface area contributed by atoms with Crippen LogP contribution < -0.4 is 11.5 Å². The Labute approximate surface area is 98.5 Å². The van der Waals surface area contributed by atoms with Gasteiger partial charge in [0, 0.05) is 6.04 Å². The molecule has 0 aromatic heterocycles. The third kappa shape index (κ3) is 4.20. The lowest BCUT2D eigenvalue weighted by molar-refractivity contribution is 0.617. The van der Waals surface area contributed by atoms with Crippen molar-refractivity contribution in [2.45, 2.75) is 32.7 Å². The lowest BCUT2D eigenvalue weighted by atomic mass is 9.99. The van der Waals surface area contributed by atoms with Gasteiger partial charge in [0.2, 0.25) is 0 Å². The number of halogens is 1. The van der Waals surface area contributed by atoms with Crippen molar-refractivity contribution in [2.75, 3.05) is 6.54 Å². The predicted octanol–water partition coefficient (Wildman–Crippen LogP) is 2.46. The Morgan fingerprint density at radius 2 is 1.87 bits per heavy atom. The molecule has 86 valence electrons. The highest BCUT2D eigenvalue weighted by molar-refractivity contribution is 5.85. The van der Waals surface area contributed by atoms with Gasteiger partial charge >= 0.3 is 0 Å². The van der Waals surface area contributed by atoms with Crippen LogP contribution in [0.2, 0.25) is 0 Å². The van der Waals surface area contributed by atoms with Crippen molar-refractivity contribution < 1.29 is 0 Å². The molecule has 0 saturated heterocycles. The Bertz CT molecular complexity index is 300. The lowest BCUT2D eigenvalue weighted by Crippen LogP contribution is -2.12. The third-order valence-electron chi connectivity index (χ3n) is 2.68. The highest BCUT2D eigenvalue weighted by Gasteiger charge is 2.05. The molecule has 0 radical (unpaired) electrons. The summed E-state index contributed by atoms with van der Waals surface area (Å²) in [6, 6.07) is 6.56. The van der Waals surface area contributed by atoms with Crippen LogP contribution in [0.15, 0.2) is 18.2 Å². The SMILES string of the molecule is Cc1ccc([C@H](N)CCCN)cc1C.Cl. The minimum absolute atomic E-state index is 0. The van der Waals surface area contributed by atoms with E-state index >= 15 is 0 Å². The highest BCUT2D eigenvalue weighted by atomic mass is 35.5. The molecule has 0 heterocycles. The number of rotatable bonds is 4. The Morgan fingerprint density at radius 1 is 1.20 bits per heavy atom. The van der Waals surface area contributed by atoms with Crippen molar-refractivity contribution in [3.63, 3.8) is 0 Å². The summed E-state index contributed by atoms with van der Waals surface area (Å²) >= 11 is 0. The second-order valence-electron chi connectivity index (χ2n) is 3.88. The zero-order chi connectivity index (χ0) is 10.6. The first-order valence-electron chi connectivity index (χ1n) is 5.18. The molecular formula is C12H21ClN2. The second-order valence-corrected chi connectivity index (χ2v) is 3.88. The molecule has 0 amide bonds. The van der Waals surface area contributed by atoms with Crippen LogP contribution in [-0.4, -0.2) is 6.54 Å². The Hall–Kier alpha value is -0.570. The summed E-state index contributed by atoms with van der Waals surface area (Å²) in [6.45, 7) is 4.96. The van der Waals surface area contributed by atoms with Crippen LogP contribution in [0.25, 0.3) is 0 Å². The second kappa shape index (κ2) is 6.83. The Morgan fingerprint density at radius 3 is 2.40 bits per heavy atom. The summed E-state index contributed by atoms with van der Waals surface area (Å²) in [6.07, 6.45) is 1.97. The van der Waals surface area contributed by atoms with E-state index in [4.69, 9.17) is 11.5 Å². The molecule has 15 heavy (non-hydrogen) atoms. The van der Waals surface area contributed by atoms with Crippen LogP contribution in [0.4, 0.5) is 0 Å². The zero-order valence-corrected chi connectivity index (χ0v) is 10.3. The van der Waals surface area contributed by atoms with E-state index in [2.05, 4.69) is 32.0 Å². The molecule has 1 atom stereocenters. The molecule has 0 saturated carbocycles. The zero-order valence-electron chi connectivity index (χ0n) is 9.49. The third-order valence-corrected chi connectivity index (χ3v) is 2.68. The van der Waals surface area contributed by atoms with Gasteiger partial charge < -0.3 is 11.5 Å². The quantitative estimate of drug-likeness (QED) is 0.832. The first kappa shape index (κ1) is 14.4. The summed E-state index contributed by atoms with van der Waals surface area (Å²) in [4.78, 5) is 0. The molecule has 1 aromatic rings.